The van der Waals surface area contributed by atoms with Gasteiger partial charge in [0.25, 0.3) is 15.6 Å². The fourth-order valence-corrected chi connectivity index (χ4v) is 4.62. The Hall–Kier alpha value is -2.82. The zero-order valence-electron chi connectivity index (χ0n) is 14.3. The lowest BCUT2D eigenvalue weighted by Crippen LogP contribution is -2.15. The van der Waals surface area contributed by atoms with Crippen LogP contribution in [0.2, 0.25) is 5.02 Å². The monoisotopic (exact) mass is 433 g/mol. The highest BCUT2D eigenvalue weighted by Crippen LogP contribution is 2.30. The number of H-pyrrole nitrogens is 1. The second kappa shape index (κ2) is 6.97. The zero-order valence-corrected chi connectivity index (χ0v) is 16.7. The summed E-state index contributed by atoms with van der Waals surface area (Å²) in [5.74, 6) is 0. The maximum atomic E-state index is 12.6. The number of aryl methyl sites for hydroxylation is 1. The molecule has 4 rings (SSSR count). The lowest BCUT2D eigenvalue weighted by molar-refractivity contribution is 0.601. The standard InChI is InChI=1S/C17H12ClN5O3S2/c1-9-2-3-10(18)6-13(9)15-12-5-4-11(7-14(12)16(24)22-21-15)28(25,26)23-17-19-8-20-27-17/h2-8H,1H3,(H,22,24)(H,19,20,23). The first kappa shape index (κ1) is 18.5. The highest BCUT2D eigenvalue weighted by molar-refractivity contribution is 7.93. The average molecular weight is 434 g/mol. The van der Waals surface area contributed by atoms with Crippen molar-refractivity contribution >= 4 is 49.1 Å². The van der Waals surface area contributed by atoms with Crippen molar-refractivity contribution in [3.63, 3.8) is 0 Å². The number of halogens is 1. The van der Waals surface area contributed by atoms with E-state index in [-0.39, 0.29) is 15.4 Å². The molecular weight excluding hydrogens is 422 g/mol. The first-order valence-corrected chi connectivity index (χ1v) is 10.6. The Labute approximate surface area is 168 Å². The van der Waals surface area contributed by atoms with Gasteiger partial charge in [-0.1, -0.05) is 23.7 Å². The van der Waals surface area contributed by atoms with Gasteiger partial charge in [-0.15, -0.1) is 0 Å². The minimum Gasteiger partial charge on any atom is -0.267 e. The molecular formula is C17H12ClN5O3S2. The minimum absolute atomic E-state index is 0.0688. The molecule has 2 N–H and O–H groups in total. The van der Waals surface area contributed by atoms with Crippen LogP contribution >= 0.6 is 23.1 Å². The van der Waals surface area contributed by atoms with Crippen LogP contribution < -0.4 is 10.3 Å². The molecule has 28 heavy (non-hydrogen) atoms. The number of rotatable bonds is 4. The van der Waals surface area contributed by atoms with E-state index in [1.54, 1.807) is 18.2 Å². The molecule has 2 heterocycles. The Morgan fingerprint density at radius 2 is 1.96 bits per heavy atom. The molecule has 0 bridgehead atoms. The van der Waals surface area contributed by atoms with Crippen molar-refractivity contribution in [3.8, 4) is 11.3 Å². The third-order valence-corrected chi connectivity index (χ3v) is 6.39. The van der Waals surface area contributed by atoms with Gasteiger partial charge >= 0.3 is 0 Å². The van der Waals surface area contributed by atoms with Gasteiger partial charge in [-0.2, -0.15) is 9.47 Å². The Kier molecular flexibility index (Phi) is 4.61. The van der Waals surface area contributed by atoms with Crippen LogP contribution in [0.15, 0.2) is 52.4 Å². The Bertz CT molecular complexity index is 1350. The number of hydrogen-bond acceptors (Lipinski definition) is 7. The molecule has 0 amide bonds. The summed E-state index contributed by atoms with van der Waals surface area (Å²) in [6.07, 6.45) is 1.25. The molecule has 2 aromatic heterocycles. The topological polar surface area (TPSA) is 118 Å². The SMILES string of the molecule is Cc1ccc(Cl)cc1-c1n[nH]c(=O)c2cc(S(=O)(=O)Nc3ncns3)ccc12. The molecule has 0 aliphatic carbocycles. The zero-order chi connectivity index (χ0) is 19.9. The number of nitrogens with zero attached hydrogens (tertiary/aromatic N) is 3. The molecule has 0 saturated heterocycles. The van der Waals surface area contributed by atoms with Gasteiger partial charge in [0.15, 0.2) is 0 Å². The molecule has 0 spiro atoms. The van der Waals surface area contributed by atoms with E-state index in [0.717, 1.165) is 22.7 Å². The molecule has 0 radical (unpaired) electrons. The molecule has 0 aliphatic heterocycles. The van der Waals surface area contributed by atoms with Gasteiger partial charge in [0.1, 0.15) is 6.33 Å². The van der Waals surface area contributed by atoms with Crippen LogP contribution in [0.4, 0.5) is 5.13 Å². The predicted molar refractivity (Wildman–Crippen MR) is 108 cm³/mol. The third kappa shape index (κ3) is 3.37. The summed E-state index contributed by atoms with van der Waals surface area (Å²) < 4.78 is 31.3. The van der Waals surface area contributed by atoms with Crippen molar-refractivity contribution < 1.29 is 8.42 Å². The number of sulfonamides is 1. The number of aromatic amines is 1. The normalized spacial score (nSPS) is 11.6. The van der Waals surface area contributed by atoms with E-state index in [1.807, 2.05) is 13.0 Å². The van der Waals surface area contributed by atoms with Crippen molar-refractivity contribution in [1.29, 1.82) is 0 Å². The van der Waals surface area contributed by atoms with Crippen molar-refractivity contribution in [2.24, 2.45) is 0 Å². The fourth-order valence-electron chi connectivity index (χ4n) is 2.76. The second-order valence-electron chi connectivity index (χ2n) is 5.92. The lowest BCUT2D eigenvalue weighted by atomic mass is 10.0. The smallest absolute Gasteiger partial charge is 0.267 e. The van der Waals surface area contributed by atoms with Crippen LogP contribution in [-0.2, 0) is 10.0 Å². The van der Waals surface area contributed by atoms with E-state index in [9.17, 15) is 13.2 Å². The average Bonchev–Trinajstić information content (AvgIpc) is 3.16. The third-order valence-electron chi connectivity index (χ3n) is 4.11. The quantitative estimate of drug-likeness (QED) is 0.510. The number of anilines is 1. The summed E-state index contributed by atoms with van der Waals surface area (Å²) in [7, 11) is -3.92. The minimum atomic E-state index is -3.92. The van der Waals surface area contributed by atoms with Gasteiger partial charge in [0.2, 0.25) is 5.13 Å². The number of nitrogens with one attached hydrogen (secondary N) is 2. The van der Waals surface area contributed by atoms with Crippen LogP contribution in [0.25, 0.3) is 22.0 Å². The molecule has 8 nitrogen and oxygen atoms in total. The van der Waals surface area contributed by atoms with Crippen LogP contribution in [0.5, 0.6) is 0 Å². The molecule has 11 heteroatoms. The Morgan fingerprint density at radius 3 is 2.71 bits per heavy atom. The van der Waals surface area contributed by atoms with E-state index < -0.39 is 15.6 Å². The van der Waals surface area contributed by atoms with Crippen LogP contribution in [0, 0.1) is 6.92 Å². The first-order valence-electron chi connectivity index (χ1n) is 7.93. The molecule has 0 fully saturated rings. The summed E-state index contributed by atoms with van der Waals surface area (Å²) in [6, 6.07) is 9.64. The van der Waals surface area contributed by atoms with Gasteiger partial charge in [-0.05, 0) is 36.8 Å². The first-order chi connectivity index (χ1) is 13.3. The van der Waals surface area contributed by atoms with Crippen molar-refractivity contribution in [2.45, 2.75) is 11.8 Å². The summed E-state index contributed by atoms with van der Waals surface area (Å²) in [5.41, 5.74) is 1.68. The van der Waals surface area contributed by atoms with Crippen molar-refractivity contribution in [3.05, 3.63) is 63.7 Å². The molecule has 0 unspecified atom stereocenters. The maximum absolute atomic E-state index is 12.6. The number of fused-ring (bicyclic) bond motifs is 1. The molecule has 0 aliphatic rings. The molecule has 0 atom stereocenters. The highest BCUT2D eigenvalue weighted by atomic mass is 35.5. The Morgan fingerprint density at radius 1 is 1.14 bits per heavy atom. The number of benzene rings is 2. The van der Waals surface area contributed by atoms with Crippen molar-refractivity contribution in [1.82, 2.24) is 19.6 Å². The predicted octanol–water partition coefficient (Wildman–Crippen LogP) is 3.20. The number of aromatic nitrogens is 4. The van der Waals surface area contributed by atoms with Crippen LogP contribution in [0.3, 0.4) is 0 Å². The fraction of sp³-hybridized carbons (Fsp3) is 0.0588. The summed E-state index contributed by atoms with van der Waals surface area (Å²) >= 11 is 7.02. The van der Waals surface area contributed by atoms with Gasteiger partial charge in [-0.3, -0.25) is 9.52 Å². The van der Waals surface area contributed by atoms with Gasteiger partial charge in [0.05, 0.1) is 16.0 Å². The van der Waals surface area contributed by atoms with Crippen LogP contribution in [-0.4, -0.2) is 28.0 Å². The van der Waals surface area contributed by atoms with Gasteiger partial charge in [-0.25, -0.2) is 18.5 Å². The molecule has 142 valence electrons. The van der Waals surface area contributed by atoms with E-state index in [4.69, 9.17) is 11.6 Å². The lowest BCUT2D eigenvalue weighted by Gasteiger charge is -2.10. The van der Waals surface area contributed by atoms with Crippen LogP contribution in [0.1, 0.15) is 5.56 Å². The summed E-state index contributed by atoms with van der Waals surface area (Å²) in [4.78, 5) is 16.1. The highest BCUT2D eigenvalue weighted by Gasteiger charge is 2.19. The second-order valence-corrected chi connectivity index (χ2v) is 8.82. The van der Waals surface area contributed by atoms with E-state index in [2.05, 4.69) is 24.3 Å². The van der Waals surface area contributed by atoms with Crippen molar-refractivity contribution in [2.75, 3.05) is 4.72 Å². The number of hydrogen-bond donors (Lipinski definition) is 2. The molecule has 4 aromatic rings. The Balaban J connectivity index is 1.88. The van der Waals surface area contributed by atoms with E-state index >= 15 is 0 Å². The van der Waals surface area contributed by atoms with Gasteiger partial charge in [0, 0.05) is 27.5 Å². The molecule has 2 aromatic carbocycles. The maximum Gasteiger partial charge on any atom is 0.272 e. The summed E-state index contributed by atoms with van der Waals surface area (Å²) in [5, 5.41) is 7.97. The van der Waals surface area contributed by atoms with E-state index in [0.29, 0.717) is 16.1 Å². The molecule has 0 saturated carbocycles. The largest absolute Gasteiger partial charge is 0.272 e. The van der Waals surface area contributed by atoms with E-state index in [1.165, 1.54) is 18.5 Å². The summed E-state index contributed by atoms with van der Waals surface area (Å²) in [6.45, 7) is 1.90. The van der Waals surface area contributed by atoms with Gasteiger partial charge < -0.3 is 0 Å².